The van der Waals surface area contributed by atoms with Crippen LogP contribution in [0.2, 0.25) is 0 Å². The summed E-state index contributed by atoms with van der Waals surface area (Å²) in [7, 11) is 0. The summed E-state index contributed by atoms with van der Waals surface area (Å²) in [6.45, 7) is 4.58. The molecule has 1 rings (SSSR count). The predicted molar refractivity (Wildman–Crippen MR) is 78.2 cm³/mol. The summed E-state index contributed by atoms with van der Waals surface area (Å²) in [4.78, 5) is 0. The molecular formula is C16H25F2NO. The van der Waals surface area contributed by atoms with Gasteiger partial charge < -0.3 is 10.1 Å². The molecule has 2 nitrogen and oxygen atoms in total. The summed E-state index contributed by atoms with van der Waals surface area (Å²) in [6.07, 6.45) is 3.15. The number of ether oxygens (including phenoxy) is 1. The number of alkyl halides is 2. The predicted octanol–water partition coefficient (Wildman–Crippen LogP) is 4.76. The molecule has 1 aromatic rings. The zero-order valence-corrected chi connectivity index (χ0v) is 12.5. The van der Waals surface area contributed by atoms with Crippen LogP contribution in [0.5, 0.6) is 5.75 Å². The molecule has 1 unspecified atom stereocenters. The van der Waals surface area contributed by atoms with E-state index in [1.165, 1.54) is 0 Å². The van der Waals surface area contributed by atoms with Gasteiger partial charge in [-0.15, -0.1) is 0 Å². The van der Waals surface area contributed by atoms with Crippen LogP contribution < -0.4 is 10.1 Å². The average molecular weight is 285 g/mol. The van der Waals surface area contributed by atoms with E-state index in [2.05, 4.69) is 30.8 Å². The van der Waals surface area contributed by atoms with E-state index in [0.29, 0.717) is 5.92 Å². The van der Waals surface area contributed by atoms with Crippen LogP contribution in [-0.4, -0.2) is 13.2 Å². The lowest BCUT2D eigenvalue weighted by atomic mass is 9.88. The number of hydrogen-bond donors (Lipinski definition) is 1. The molecule has 0 aromatic heterocycles. The van der Waals surface area contributed by atoms with Crippen molar-refractivity contribution < 1.29 is 13.5 Å². The Morgan fingerprint density at radius 1 is 1.15 bits per heavy atom. The molecule has 0 amide bonds. The van der Waals surface area contributed by atoms with Gasteiger partial charge in [0.25, 0.3) is 0 Å². The van der Waals surface area contributed by atoms with E-state index in [9.17, 15) is 8.78 Å². The summed E-state index contributed by atoms with van der Waals surface area (Å²) in [6, 6.07) is 7.23. The van der Waals surface area contributed by atoms with E-state index in [0.717, 1.165) is 31.4 Å². The van der Waals surface area contributed by atoms with Crippen molar-refractivity contribution in [1.82, 2.24) is 5.32 Å². The van der Waals surface area contributed by atoms with Gasteiger partial charge in [-0.05, 0) is 36.6 Å². The molecule has 0 aliphatic heterocycles. The molecule has 4 heteroatoms. The lowest BCUT2D eigenvalue weighted by Gasteiger charge is -2.27. The van der Waals surface area contributed by atoms with Gasteiger partial charge in [-0.25, -0.2) is 0 Å². The zero-order valence-electron chi connectivity index (χ0n) is 12.5. The van der Waals surface area contributed by atoms with Gasteiger partial charge >= 0.3 is 6.61 Å². The molecule has 0 saturated heterocycles. The van der Waals surface area contributed by atoms with Crippen molar-refractivity contribution in [2.45, 2.75) is 52.7 Å². The Morgan fingerprint density at radius 3 is 2.40 bits per heavy atom. The minimum Gasteiger partial charge on any atom is -0.435 e. The molecular weight excluding hydrogens is 260 g/mol. The summed E-state index contributed by atoms with van der Waals surface area (Å²) in [5.74, 6) is 0.718. The van der Waals surface area contributed by atoms with Crippen LogP contribution in [-0.2, 0) is 0 Å². The van der Waals surface area contributed by atoms with E-state index < -0.39 is 6.61 Å². The highest BCUT2D eigenvalue weighted by Crippen LogP contribution is 2.29. The fourth-order valence-electron chi connectivity index (χ4n) is 2.50. The van der Waals surface area contributed by atoms with Crippen molar-refractivity contribution in [3.8, 4) is 5.75 Å². The maximum atomic E-state index is 12.3. The van der Waals surface area contributed by atoms with Crippen molar-refractivity contribution in [1.29, 1.82) is 0 Å². The Balaban J connectivity index is 2.93. The SMILES string of the molecule is CCCNC(c1cccc(OC(F)F)c1)C(CC)CC. The molecule has 1 N–H and O–H groups in total. The molecule has 0 spiro atoms. The molecule has 20 heavy (non-hydrogen) atoms. The molecule has 0 aliphatic carbocycles. The Hall–Kier alpha value is -1.16. The second-order valence-corrected chi connectivity index (χ2v) is 4.96. The van der Waals surface area contributed by atoms with Crippen LogP contribution in [0.1, 0.15) is 51.6 Å². The number of benzene rings is 1. The number of hydrogen-bond acceptors (Lipinski definition) is 2. The monoisotopic (exact) mass is 285 g/mol. The van der Waals surface area contributed by atoms with Crippen molar-refractivity contribution >= 4 is 0 Å². The fraction of sp³-hybridized carbons (Fsp3) is 0.625. The quantitative estimate of drug-likeness (QED) is 0.706. The highest BCUT2D eigenvalue weighted by molar-refractivity contribution is 5.31. The lowest BCUT2D eigenvalue weighted by molar-refractivity contribution is -0.0499. The first-order chi connectivity index (χ1) is 9.62. The van der Waals surface area contributed by atoms with Crippen LogP contribution in [0.3, 0.4) is 0 Å². The minimum absolute atomic E-state index is 0.186. The third-order valence-electron chi connectivity index (χ3n) is 3.58. The Labute approximate surface area is 120 Å². The van der Waals surface area contributed by atoms with E-state index >= 15 is 0 Å². The molecule has 0 saturated carbocycles. The van der Waals surface area contributed by atoms with Crippen LogP contribution >= 0.6 is 0 Å². The highest BCUT2D eigenvalue weighted by Gasteiger charge is 2.20. The normalized spacial score (nSPS) is 12.9. The Morgan fingerprint density at radius 2 is 1.85 bits per heavy atom. The van der Waals surface area contributed by atoms with Gasteiger partial charge in [0.15, 0.2) is 0 Å². The van der Waals surface area contributed by atoms with E-state index in [4.69, 9.17) is 0 Å². The lowest BCUT2D eigenvalue weighted by Crippen LogP contribution is -2.28. The third-order valence-corrected chi connectivity index (χ3v) is 3.58. The third kappa shape index (κ3) is 5.08. The number of halogens is 2. The molecule has 0 bridgehead atoms. The van der Waals surface area contributed by atoms with Crippen molar-refractivity contribution in [3.05, 3.63) is 29.8 Å². The molecule has 1 aromatic carbocycles. The average Bonchev–Trinajstić information content (AvgIpc) is 2.43. The summed E-state index contributed by atoms with van der Waals surface area (Å²) in [5.41, 5.74) is 1.02. The van der Waals surface area contributed by atoms with Gasteiger partial charge in [0.1, 0.15) is 5.75 Å². The van der Waals surface area contributed by atoms with Crippen LogP contribution in [0.15, 0.2) is 24.3 Å². The molecule has 0 heterocycles. The smallest absolute Gasteiger partial charge is 0.387 e. The highest BCUT2D eigenvalue weighted by atomic mass is 19.3. The molecule has 114 valence electrons. The van der Waals surface area contributed by atoms with Gasteiger partial charge in [-0.3, -0.25) is 0 Å². The molecule has 0 fully saturated rings. The number of rotatable bonds is 9. The molecule has 0 aliphatic rings. The molecule has 0 radical (unpaired) electrons. The summed E-state index contributed by atoms with van der Waals surface area (Å²) in [5, 5.41) is 3.53. The van der Waals surface area contributed by atoms with Crippen LogP contribution in [0.25, 0.3) is 0 Å². The Kier molecular flexibility index (Phi) is 7.52. The van der Waals surface area contributed by atoms with E-state index in [-0.39, 0.29) is 11.8 Å². The standard InChI is InChI=1S/C16H25F2NO/c1-4-10-19-15(12(5-2)6-3)13-8-7-9-14(11-13)20-16(17)18/h7-9,11-12,15-16,19H,4-6,10H2,1-3H3. The van der Waals surface area contributed by atoms with Crippen LogP contribution in [0, 0.1) is 5.92 Å². The first-order valence-corrected chi connectivity index (χ1v) is 7.40. The largest absolute Gasteiger partial charge is 0.435 e. The maximum Gasteiger partial charge on any atom is 0.387 e. The van der Waals surface area contributed by atoms with Crippen LogP contribution in [0.4, 0.5) is 8.78 Å². The summed E-state index contributed by atoms with van der Waals surface area (Å²) >= 11 is 0. The van der Waals surface area contributed by atoms with Crippen molar-refractivity contribution in [2.24, 2.45) is 5.92 Å². The van der Waals surface area contributed by atoms with Gasteiger partial charge in [0, 0.05) is 6.04 Å². The van der Waals surface area contributed by atoms with Gasteiger partial charge in [0.2, 0.25) is 0 Å². The zero-order chi connectivity index (χ0) is 15.0. The van der Waals surface area contributed by atoms with E-state index in [1.54, 1.807) is 18.2 Å². The minimum atomic E-state index is -2.78. The maximum absolute atomic E-state index is 12.3. The topological polar surface area (TPSA) is 21.3 Å². The Bertz CT molecular complexity index is 380. The van der Waals surface area contributed by atoms with Crippen molar-refractivity contribution in [3.63, 3.8) is 0 Å². The summed E-state index contributed by atoms with van der Waals surface area (Å²) < 4.78 is 29.1. The van der Waals surface area contributed by atoms with E-state index in [1.807, 2.05) is 6.07 Å². The van der Waals surface area contributed by atoms with Crippen molar-refractivity contribution in [2.75, 3.05) is 6.54 Å². The van der Waals surface area contributed by atoms with Gasteiger partial charge in [0.05, 0.1) is 0 Å². The molecule has 1 atom stereocenters. The second kappa shape index (κ2) is 8.90. The first-order valence-electron chi connectivity index (χ1n) is 7.40. The second-order valence-electron chi connectivity index (χ2n) is 4.96. The van der Waals surface area contributed by atoms with Gasteiger partial charge in [-0.1, -0.05) is 45.7 Å². The first kappa shape index (κ1) is 16.9. The number of nitrogens with one attached hydrogen (secondary N) is 1. The fourth-order valence-corrected chi connectivity index (χ4v) is 2.50. The van der Waals surface area contributed by atoms with Gasteiger partial charge in [-0.2, -0.15) is 8.78 Å².